The predicted molar refractivity (Wildman–Crippen MR) is 59.3 cm³/mol. The van der Waals surface area contributed by atoms with E-state index in [-0.39, 0.29) is 5.56 Å². The Hall–Kier alpha value is -1.75. The fourth-order valence-corrected chi connectivity index (χ4v) is 2.05. The second-order valence-corrected chi connectivity index (χ2v) is 4.01. The SMILES string of the molecule is Fc1cccc(F)c1-c1cn2c(n1)CNCC2. The molecule has 17 heavy (non-hydrogen) atoms. The van der Waals surface area contributed by atoms with E-state index in [1.165, 1.54) is 18.2 Å². The lowest BCUT2D eigenvalue weighted by molar-refractivity contribution is 0.505. The first-order valence-electron chi connectivity index (χ1n) is 5.47. The molecule has 2 heterocycles. The maximum Gasteiger partial charge on any atom is 0.135 e. The first-order chi connectivity index (χ1) is 8.25. The molecule has 1 aliphatic rings. The number of nitrogens with zero attached hydrogens (tertiary/aromatic N) is 2. The van der Waals surface area contributed by atoms with Crippen molar-refractivity contribution in [2.45, 2.75) is 13.1 Å². The van der Waals surface area contributed by atoms with Crippen molar-refractivity contribution in [3.8, 4) is 11.3 Å². The number of benzene rings is 1. The lowest BCUT2D eigenvalue weighted by Gasteiger charge is -2.13. The van der Waals surface area contributed by atoms with Crippen molar-refractivity contribution in [2.75, 3.05) is 6.54 Å². The Kier molecular flexibility index (Phi) is 2.40. The number of fused-ring (bicyclic) bond motifs is 1. The van der Waals surface area contributed by atoms with E-state index in [1.807, 2.05) is 4.57 Å². The van der Waals surface area contributed by atoms with Gasteiger partial charge in [0, 0.05) is 19.3 Å². The van der Waals surface area contributed by atoms with Crippen molar-refractivity contribution in [1.82, 2.24) is 14.9 Å². The van der Waals surface area contributed by atoms with Crippen LogP contribution in [0.1, 0.15) is 5.82 Å². The quantitative estimate of drug-likeness (QED) is 0.818. The summed E-state index contributed by atoms with van der Waals surface area (Å²) in [5.41, 5.74) is 0.314. The molecule has 0 atom stereocenters. The molecule has 0 radical (unpaired) electrons. The number of imidazole rings is 1. The predicted octanol–water partition coefficient (Wildman–Crippen LogP) is 1.93. The molecule has 5 heteroatoms. The van der Waals surface area contributed by atoms with Gasteiger partial charge < -0.3 is 9.88 Å². The summed E-state index contributed by atoms with van der Waals surface area (Å²) >= 11 is 0. The van der Waals surface area contributed by atoms with Crippen LogP contribution < -0.4 is 5.32 Å². The summed E-state index contributed by atoms with van der Waals surface area (Å²) in [6, 6.07) is 3.84. The molecule has 0 unspecified atom stereocenters. The highest BCUT2D eigenvalue weighted by atomic mass is 19.1. The highest BCUT2D eigenvalue weighted by Gasteiger charge is 2.17. The molecular formula is C12H11F2N3. The average Bonchev–Trinajstić information content (AvgIpc) is 2.71. The van der Waals surface area contributed by atoms with Gasteiger partial charge in [0.25, 0.3) is 0 Å². The molecule has 3 rings (SSSR count). The number of nitrogens with one attached hydrogen (secondary N) is 1. The topological polar surface area (TPSA) is 29.9 Å². The van der Waals surface area contributed by atoms with Crippen LogP contribution in [-0.2, 0) is 13.1 Å². The van der Waals surface area contributed by atoms with Crippen LogP contribution in [0.3, 0.4) is 0 Å². The lowest BCUT2D eigenvalue weighted by atomic mass is 10.1. The monoisotopic (exact) mass is 235 g/mol. The first-order valence-corrected chi connectivity index (χ1v) is 5.47. The van der Waals surface area contributed by atoms with Crippen molar-refractivity contribution >= 4 is 0 Å². The van der Waals surface area contributed by atoms with Gasteiger partial charge in [0.15, 0.2) is 0 Å². The van der Waals surface area contributed by atoms with Gasteiger partial charge in [-0.05, 0) is 12.1 Å². The Balaban J connectivity index is 2.12. The molecule has 0 fully saturated rings. The zero-order valence-corrected chi connectivity index (χ0v) is 9.08. The van der Waals surface area contributed by atoms with Crippen molar-refractivity contribution in [1.29, 1.82) is 0 Å². The standard InChI is InChI=1S/C12H11F2N3/c13-8-2-1-3-9(14)12(8)10-7-17-5-4-15-6-11(17)16-10/h1-3,7,15H,4-6H2. The van der Waals surface area contributed by atoms with Crippen molar-refractivity contribution < 1.29 is 8.78 Å². The van der Waals surface area contributed by atoms with Crippen molar-refractivity contribution in [3.63, 3.8) is 0 Å². The summed E-state index contributed by atoms with van der Waals surface area (Å²) in [7, 11) is 0. The molecule has 0 spiro atoms. The summed E-state index contributed by atoms with van der Waals surface area (Å²) in [4.78, 5) is 4.26. The number of hydrogen-bond acceptors (Lipinski definition) is 2. The normalized spacial score (nSPS) is 14.7. The van der Waals surface area contributed by atoms with Gasteiger partial charge in [0.2, 0.25) is 0 Å². The van der Waals surface area contributed by atoms with Gasteiger partial charge in [-0.1, -0.05) is 6.07 Å². The van der Waals surface area contributed by atoms with E-state index in [1.54, 1.807) is 6.20 Å². The third-order valence-corrected chi connectivity index (χ3v) is 2.89. The second-order valence-electron chi connectivity index (χ2n) is 4.01. The maximum absolute atomic E-state index is 13.6. The molecule has 1 N–H and O–H groups in total. The van der Waals surface area contributed by atoms with Crippen LogP contribution in [0.25, 0.3) is 11.3 Å². The molecule has 0 amide bonds. The lowest BCUT2D eigenvalue weighted by Crippen LogP contribution is -2.27. The summed E-state index contributed by atoms with van der Waals surface area (Å²) < 4.78 is 29.1. The molecule has 1 aromatic carbocycles. The van der Waals surface area contributed by atoms with E-state index in [0.29, 0.717) is 12.2 Å². The molecular weight excluding hydrogens is 224 g/mol. The average molecular weight is 235 g/mol. The Morgan fingerprint density at radius 1 is 1.24 bits per heavy atom. The third-order valence-electron chi connectivity index (χ3n) is 2.89. The van der Waals surface area contributed by atoms with Crippen LogP contribution in [0.2, 0.25) is 0 Å². The van der Waals surface area contributed by atoms with E-state index >= 15 is 0 Å². The first kappa shape index (κ1) is 10.4. The molecule has 3 nitrogen and oxygen atoms in total. The summed E-state index contributed by atoms with van der Waals surface area (Å²) in [5.74, 6) is -0.337. The Morgan fingerprint density at radius 2 is 2.00 bits per heavy atom. The van der Waals surface area contributed by atoms with Gasteiger partial charge in [-0.3, -0.25) is 0 Å². The zero-order chi connectivity index (χ0) is 11.8. The van der Waals surface area contributed by atoms with Gasteiger partial charge in [0.05, 0.1) is 17.8 Å². The summed E-state index contributed by atoms with van der Waals surface area (Å²) in [5, 5.41) is 3.16. The molecule has 88 valence electrons. The third kappa shape index (κ3) is 1.72. The van der Waals surface area contributed by atoms with Gasteiger partial charge in [0.1, 0.15) is 17.5 Å². The van der Waals surface area contributed by atoms with Crippen molar-refractivity contribution in [3.05, 3.63) is 41.9 Å². The minimum absolute atomic E-state index is 0.0469. The van der Waals surface area contributed by atoms with Crippen LogP contribution in [0.5, 0.6) is 0 Å². The van der Waals surface area contributed by atoms with E-state index < -0.39 is 11.6 Å². The molecule has 0 aliphatic carbocycles. The fourth-order valence-electron chi connectivity index (χ4n) is 2.05. The molecule has 0 bridgehead atoms. The molecule has 2 aromatic rings. The van der Waals surface area contributed by atoms with Crippen LogP contribution in [0, 0.1) is 11.6 Å². The Morgan fingerprint density at radius 3 is 2.71 bits per heavy atom. The smallest absolute Gasteiger partial charge is 0.135 e. The second kappa shape index (κ2) is 3.92. The molecule has 1 aliphatic heterocycles. The minimum Gasteiger partial charge on any atom is -0.332 e. The van der Waals surface area contributed by atoms with Crippen LogP contribution in [0.4, 0.5) is 8.78 Å². The highest BCUT2D eigenvalue weighted by molar-refractivity contribution is 5.60. The summed E-state index contributed by atoms with van der Waals surface area (Å²) in [6.45, 7) is 2.26. The van der Waals surface area contributed by atoms with Gasteiger partial charge >= 0.3 is 0 Å². The number of halogens is 2. The maximum atomic E-state index is 13.6. The number of aromatic nitrogens is 2. The number of rotatable bonds is 1. The van der Waals surface area contributed by atoms with Crippen LogP contribution in [-0.4, -0.2) is 16.1 Å². The van der Waals surface area contributed by atoms with Crippen LogP contribution >= 0.6 is 0 Å². The van der Waals surface area contributed by atoms with E-state index in [9.17, 15) is 8.78 Å². The summed E-state index contributed by atoms with van der Waals surface area (Å²) in [6.07, 6.45) is 1.71. The fraction of sp³-hybridized carbons (Fsp3) is 0.250. The minimum atomic E-state index is -0.576. The molecule has 0 saturated carbocycles. The Bertz CT molecular complexity index is 519. The highest BCUT2D eigenvalue weighted by Crippen LogP contribution is 2.25. The Labute approximate surface area is 97.1 Å². The van der Waals surface area contributed by atoms with E-state index in [2.05, 4.69) is 10.3 Å². The van der Waals surface area contributed by atoms with Gasteiger partial charge in [-0.15, -0.1) is 0 Å². The molecule has 0 saturated heterocycles. The van der Waals surface area contributed by atoms with Crippen molar-refractivity contribution in [2.24, 2.45) is 0 Å². The van der Waals surface area contributed by atoms with Crippen LogP contribution in [0.15, 0.2) is 24.4 Å². The van der Waals surface area contributed by atoms with Gasteiger partial charge in [-0.2, -0.15) is 0 Å². The van der Waals surface area contributed by atoms with E-state index in [0.717, 1.165) is 18.9 Å². The zero-order valence-electron chi connectivity index (χ0n) is 9.08. The molecule has 1 aromatic heterocycles. The van der Waals surface area contributed by atoms with E-state index in [4.69, 9.17) is 0 Å². The number of hydrogen-bond donors (Lipinski definition) is 1. The largest absolute Gasteiger partial charge is 0.332 e. The van der Waals surface area contributed by atoms with Gasteiger partial charge in [-0.25, -0.2) is 13.8 Å².